The summed E-state index contributed by atoms with van der Waals surface area (Å²) in [5.74, 6) is 1.08. The summed E-state index contributed by atoms with van der Waals surface area (Å²) in [5.41, 5.74) is 0. The molecule has 2 fully saturated rings. The normalized spacial score (nSPS) is 23.1. The van der Waals surface area contributed by atoms with Gasteiger partial charge in [-0.3, -0.25) is 0 Å². The maximum absolute atomic E-state index is 4.56. The van der Waals surface area contributed by atoms with Gasteiger partial charge >= 0.3 is 0 Å². The molecule has 0 amide bonds. The summed E-state index contributed by atoms with van der Waals surface area (Å²) < 4.78 is 2.34. The maximum atomic E-state index is 4.56. The Morgan fingerprint density at radius 2 is 1.86 bits per heavy atom. The Balaban J connectivity index is 1.57. The van der Waals surface area contributed by atoms with Crippen molar-refractivity contribution in [3.63, 3.8) is 0 Å². The van der Waals surface area contributed by atoms with Crippen molar-refractivity contribution in [1.82, 2.24) is 14.5 Å². The fourth-order valence-electron chi connectivity index (χ4n) is 3.81. The molecule has 1 aromatic rings. The zero-order valence-corrected chi connectivity index (χ0v) is 13.4. The van der Waals surface area contributed by atoms with Gasteiger partial charge in [0, 0.05) is 31.0 Å². The van der Waals surface area contributed by atoms with Crippen LogP contribution in [0.25, 0.3) is 0 Å². The number of hydrogen-bond donors (Lipinski definition) is 1. The van der Waals surface area contributed by atoms with E-state index in [2.05, 4.69) is 32.9 Å². The Morgan fingerprint density at radius 3 is 2.62 bits per heavy atom. The molecule has 1 unspecified atom stereocenters. The molecule has 2 aliphatic rings. The molecule has 1 aromatic heterocycles. The second-order valence-corrected chi connectivity index (χ2v) is 6.85. The van der Waals surface area contributed by atoms with Crippen molar-refractivity contribution in [1.29, 1.82) is 0 Å². The molecule has 0 aromatic carbocycles. The van der Waals surface area contributed by atoms with E-state index in [-0.39, 0.29) is 0 Å². The molecule has 0 radical (unpaired) electrons. The van der Waals surface area contributed by atoms with Gasteiger partial charge in [-0.25, -0.2) is 4.98 Å². The van der Waals surface area contributed by atoms with Crippen molar-refractivity contribution in [3.05, 3.63) is 12.4 Å². The Labute approximate surface area is 128 Å². The van der Waals surface area contributed by atoms with Gasteiger partial charge in [0.1, 0.15) is 0 Å². The molecular weight excluding hydrogens is 260 g/mol. The van der Waals surface area contributed by atoms with E-state index in [0.29, 0.717) is 12.1 Å². The van der Waals surface area contributed by atoms with Gasteiger partial charge in [-0.2, -0.15) is 0 Å². The number of nitrogens with zero attached hydrogens (tertiary/aromatic N) is 3. The predicted molar refractivity (Wildman–Crippen MR) is 87.7 cm³/mol. The standard InChI is InChI=1S/C17H30N4/c1-15(14-20-11-6-3-7-12-20)21-13-10-18-17(21)19-16-8-4-2-5-9-16/h10,13,15-16H,2-9,11-12,14H2,1H3,(H,18,19). The van der Waals surface area contributed by atoms with E-state index >= 15 is 0 Å². The number of imidazole rings is 1. The molecule has 1 saturated heterocycles. The minimum atomic E-state index is 0.497. The molecule has 4 heteroatoms. The number of nitrogens with one attached hydrogen (secondary N) is 1. The lowest BCUT2D eigenvalue weighted by Crippen LogP contribution is -2.34. The molecule has 1 aliphatic heterocycles. The number of hydrogen-bond acceptors (Lipinski definition) is 3. The third-order valence-corrected chi connectivity index (χ3v) is 5.05. The summed E-state index contributed by atoms with van der Waals surface area (Å²) >= 11 is 0. The monoisotopic (exact) mass is 290 g/mol. The van der Waals surface area contributed by atoms with Crippen LogP contribution in [0.5, 0.6) is 0 Å². The van der Waals surface area contributed by atoms with Crippen LogP contribution < -0.4 is 5.32 Å². The van der Waals surface area contributed by atoms with Crippen molar-refractivity contribution in [2.24, 2.45) is 0 Å². The van der Waals surface area contributed by atoms with Crippen LogP contribution in [0, 0.1) is 0 Å². The lowest BCUT2D eigenvalue weighted by atomic mass is 9.96. The number of likely N-dealkylation sites (tertiary alicyclic amines) is 1. The highest BCUT2D eigenvalue weighted by molar-refractivity contribution is 5.28. The molecule has 1 atom stereocenters. The fraction of sp³-hybridized carbons (Fsp3) is 0.824. The number of aromatic nitrogens is 2. The van der Waals surface area contributed by atoms with Crippen LogP contribution in [0.4, 0.5) is 5.95 Å². The van der Waals surface area contributed by atoms with Crippen molar-refractivity contribution in [2.45, 2.75) is 70.4 Å². The van der Waals surface area contributed by atoms with E-state index in [4.69, 9.17) is 0 Å². The third kappa shape index (κ3) is 4.00. The van der Waals surface area contributed by atoms with Crippen molar-refractivity contribution in [3.8, 4) is 0 Å². The Bertz CT molecular complexity index is 416. The molecule has 1 saturated carbocycles. The molecule has 2 heterocycles. The smallest absolute Gasteiger partial charge is 0.203 e. The van der Waals surface area contributed by atoms with Crippen molar-refractivity contribution in [2.75, 3.05) is 25.0 Å². The molecule has 1 N–H and O–H groups in total. The molecule has 3 rings (SSSR count). The SMILES string of the molecule is CC(CN1CCCCC1)n1ccnc1NC1CCCCC1. The van der Waals surface area contributed by atoms with Crippen LogP contribution in [-0.2, 0) is 0 Å². The quantitative estimate of drug-likeness (QED) is 0.898. The molecule has 118 valence electrons. The van der Waals surface area contributed by atoms with Crippen LogP contribution in [0.3, 0.4) is 0 Å². The Kier molecular flexibility index (Phi) is 5.17. The first kappa shape index (κ1) is 14.9. The summed E-state index contributed by atoms with van der Waals surface area (Å²) in [6, 6.07) is 1.12. The fourth-order valence-corrected chi connectivity index (χ4v) is 3.81. The summed E-state index contributed by atoms with van der Waals surface area (Å²) in [5, 5.41) is 3.68. The van der Waals surface area contributed by atoms with Crippen LogP contribution in [0.2, 0.25) is 0 Å². The van der Waals surface area contributed by atoms with Crippen molar-refractivity contribution >= 4 is 5.95 Å². The van der Waals surface area contributed by atoms with Gasteiger partial charge in [-0.1, -0.05) is 25.7 Å². The largest absolute Gasteiger partial charge is 0.353 e. The summed E-state index contributed by atoms with van der Waals surface area (Å²) in [7, 11) is 0. The van der Waals surface area contributed by atoms with Gasteiger partial charge in [-0.15, -0.1) is 0 Å². The van der Waals surface area contributed by atoms with Crippen LogP contribution in [-0.4, -0.2) is 40.1 Å². The van der Waals surface area contributed by atoms with Gasteiger partial charge in [0.2, 0.25) is 5.95 Å². The lowest BCUT2D eigenvalue weighted by Gasteiger charge is -2.30. The lowest BCUT2D eigenvalue weighted by molar-refractivity contribution is 0.202. The summed E-state index contributed by atoms with van der Waals surface area (Å²) in [6.07, 6.45) is 14.9. The highest BCUT2D eigenvalue weighted by Crippen LogP contribution is 2.23. The van der Waals surface area contributed by atoms with Gasteiger partial charge in [0.15, 0.2) is 0 Å². The summed E-state index contributed by atoms with van der Waals surface area (Å²) in [6.45, 7) is 6.01. The van der Waals surface area contributed by atoms with E-state index in [1.165, 1.54) is 64.5 Å². The highest BCUT2D eigenvalue weighted by atomic mass is 15.2. The third-order valence-electron chi connectivity index (χ3n) is 5.05. The number of rotatable bonds is 5. The highest BCUT2D eigenvalue weighted by Gasteiger charge is 2.19. The minimum absolute atomic E-state index is 0.497. The second kappa shape index (κ2) is 7.30. The second-order valence-electron chi connectivity index (χ2n) is 6.85. The molecule has 21 heavy (non-hydrogen) atoms. The maximum Gasteiger partial charge on any atom is 0.203 e. The Morgan fingerprint density at radius 1 is 1.14 bits per heavy atom. The van der Waals surface area contributed by atoms with E-state index in [1.54, 1.807) is 0 Å². The van der Waals surface area contributed by atoms with Crippen LogP contribution in [0.15, 0.2) is 12.4 Å². The van der Waals surface area contributed by atoms with Gasteiger partial charge in [0.05, 0.1) is 0 Å². The number of anilines is 1. The number of piperidine rings is 1. The first-order valence-corrected chi connectivity index (χ1v) is 8.84. The van der Waals surface area contributed by atoms with Crippen molar-refractivity contribution < 1.29 is 0 Å². The van der Waals surface area contributed by atoms with Gasteiger partial charge < -0.3 is 14.8 Å². The Hall–Kier alpha value is -1.03. The zero-order chi connectivity index (χ0) is 14.5. The predicted octanol–water partition coefficient (Wildman–Crippen LogP) is 3.67. The van der Waals surface area contributed by atoms with Gasteiger partial charge in [0.25, 0.3) is 0 Å². The van der Waals surface area contributed by atoms with E-state index in [1.807, 2.05) is 6.20 Å². The molecule has 1 aliphatic carbocycles. The average molecular weight is 290 g/mol. The minimum Gasteiger partial charge on any atom is -0.353 e. The van der Waals surface area contributed by atoms with Gasteiger partial charge in [-0.05, 0) is 45.7 Å². The molecular formula is C17H30N4. The van der Waals surface area contributed by atoms with Crippen LogP contribution in [0.1, 0.15) is 64.3 Å². The molecule has 0 bridgehead atoms. The first-order chi connectivity index (χ1) is 10.3. The van der Waals surface area contributed by atoms with E-state index in [0.717, 1.165) is 12.5 Å². The zero-order valence-electron chi connectivity index (χ0n) is 13.4. The average Bonchev–Trinajstić information content (AvgIpc) is 2.97. The molecule has 4 nitrogen and oxygen atoms in total. The molecule has 0 spiro atoms. The van der Waals surface area contributed by atoms with Crippen LogP contribution >= 0.6 is 0 Å². The topological polar surface area (TPSA) is 33.1 Å². The summed E-state index contributed by atoms with van der Waals surface area (Å²) in [4.78, 5) is 7.17. The first-order valence-electron chi connectivity index (χ1n) is 8.84. The van der Waals surface area contributed by atoms with E-state index < -0.39 is 0 Å². The van der Waals surface area contributed by atoms with E-state index in [9.17, 15) is 0 Å².